The Morgan fingerprint density at radius 1 is 1.23 bits per heavy atom. The highest BCUT2D eigenvalue weighted by molar-refractivity contribution is 9.10. The number of aryl methyl sites for hydroxylation is 2. The van der Waals surface area contributed by atoms with Gasteiger partial charge in [0, 0.05) is 22.2 Å². The molecule has 0 spiro atoms. The SMILES string of the molecule is Cc1nc2c(F)c(Nc3ccc(Br)cc3N)c(C(=O)NOCCCSc3ccccc3)cc2n1C. The number of nitrogen functional groups attached to an aromatic ring is 1. The number of carbonyl (C=O) groups excluding carboxylic acids is 1. The lowest BCUT2D eigenvalue weighted by Gasteiger charge is -2.15. The number of aromatic nitrogens is 2. The van der Waals surface area contributed by atoms with Gasteiger partial charge in [-0.3, -0.25) is 9.63 Å². The first-order valence-corrected chi connectivity index (χ1v) is 12.7. The average molecular weight is 558 g/mol. The highest BCUT2D eigenvalue weighted by Crippen LogP contribution is 2.34. The van der Waals surface area contributed by atoms with Crippen molar-refractivity contribution < 1.29 is 14.0 Å². The predicted octanol–water partition coefficient (Wildman–Crippen LogP) is 5.95. The number of fused-ring (bicyclic) bond motifs is 1. The van der Waals surface area contributed by atoms with Crippen molar-refractivity contribution in [1.82, 2.24) is 15.0 Å². The molecule has 1 aromatic heterocycles. The number of nitrogens with one attached hydrogen (secondary N) is 2. The number of rotatable bonds is 9. The minimum Gasteiger partial charge on any atom is -0.397 e. The summed E-state index contributed by atoms with van der Waals surface area (Å²) < 4.78 is 18.1. The normalized spacial score (nSPS) is 11.1. The molecule has 1 amide bonds. The van der Waals surface area contributed by atoms with Crippen molar-refractivity contribution in [3.8, 4) is 0 Å². The average Bonchev–Trinajstić information content (AvgIpc) is 3.13. The lowest BCUT2D eigenvalue weighted by Crippen LogP contribution is -2.25. The zero-order valence-corrected chi connectivity index (χ0v) is 21.7. The van der Waals surface area contributed by atoms with Gasteiger partial charge >= 0.3 is 0 Å². The van der Waals surface area contributed by atoms with E-state index < -0.39 is 11.7 Å². The molecule has 0 radical (unpaired) electrons. The van der Waals surface area contributed by atoms with Gasteiger partial charge in [-0.1, -0.05) is 34.1 Å². The molecule has 0 atom stereocenters. The molecule has 4 N–H and O–H groups in total. The number of imidazole rings is 1. The summed E-state index contributed by atoms with van der Waals surface area (Å²) in [6.45, 7) is 2.10. The van der Waals surface area contributed by atoms with Crippen LogP contribution >= 0.6 is 27.7 Å². The Morgan fingerprint density at radius 3 is 2.74 bits per heavy atom. The van der Waals surface area contributed by atoms with Crippen molar-refractivity contribution in [1.29, 1.82) is 0 Å². The number of anilines is 3. The third kappa shape index (κ3) is 5.77. The van der Waals surface area contributed by atoms with Crippen LogP contribution in [0.2, 0.25) is 0 Å². The summed E-state index contributed by atoms with van der Waals surface area (Å²) in [5.74, 6) is 0.249. The second-order valence-corrected chi connectivity index (χ2v) is 9.93. The Morgan fingerprint density at radius 2 is 2.00 bits per heavy atom. The smallest absolute Gasteiger partial charge is 0.277 e. The quantitative estimate of drug-likeness (QED) is 0.102. The Labute approximate surface area is 215 Å². The molecular weight excluding hydrogens is 533 g/mol. The van der Waals surface area contributed by atoms with Crippen LogP contribution in [0, 0.1) is 12.7 Å². The van der Waals surface area contributed by atoms with Crippen LogP contribution in [0.1, 0.15) is 22.6 Å². The van der Waals surface area contributed by atoms with Gasteiger partial charge in [0.05, 0.1) is 34.7 Å². The van der Waals surface area contributed by atoms with E-state index in [2.05, 4.69) is 31.7 Å². The van der Waals surface area contributed by atoms with Crippen molar-refractivity contribution in [2.24, 2.45) is 7.05 Å². The number of nitrogens with zero attached hydrogens (tertiary/aromatic N) is 2. The standard InChI is InChI=1S/C25H25BrFN5O2S/c1-15-29-24-21(32(15)2)14-18(23(22(24)27)30-20-10-9-16(26)13-19(20)28)25(33)31-34-11-6-12-35-17-7-4-3-5-8-17/h3-5,7-10,13-14,30H,6,11-12,28H2,1-2H3,(H,31,33). The fraction of sp³-hybridized carbons (Fsp3) is 0.200. The second-order valence-electron chi connectivity index (χ2n) is 7.85. The summed E-state index contributed by atoms with van der Waals surface area (Å²) in [4.78, 5) is 23.9. The van der Waals surface area contributed by atoms with Crippen molar-refractivity contribution >= 4 is 61.7 Å². The van der Waals surface area contributed by atoms with Crippen LogP contribution in [0.3, 0.4) is 0 Å². The van der Waals surface area contributed by atoms with Gasteiger partial charge in [0.25, 0.3) is 5.91 Å². The first kappa shape index (κ1) is 25.0. The fourth-order valence-corrected chi connectivity index (χ4v) is 4.72. The third-order valence-electron chi connectivity index (χ3n) is 5.43. The van der Waals surface area contributed by atoms with Crippen molar-refractivity contribution in [2.45, 2.75) is 18.2 Å². The van der Waals surface area contributed by atoms with E-state index in [4.69, 9.17) is 10.6 Å². The van der Waals surface area contributed by atoms with Crippen LogP contribution in [-0.4, -0.2) is 27.8 Å². The molecule has 35 heavy (non-hydrogen) atoms. The van der Waals surface area contributed by atoms with Gasteiger partial charge in [-0.25, -0.2) is 14.9 Å². The number of hydrogen-bond donors (Lipinski definition) is 3. The lowest BCUT2D eigenvalue weighted by atomic mass is 10.1. The first-order chi connectivity index (χ1) is 16.8. The summed E-state index contributed by atoms with van der Waals surface area (Å²) >= 11 is 5.07. The number of hydroxylamine groups is 1. The minimum absolute atomic E-state index is 0.0228. The first-order valence-electron chi connectivity index (χ1n) is 10.9. The largest absolute Gasteiger partial charge is 0.397 e. The Bertz CT molecular complexity index is 1360. The molecule has 4 rings (SSSR count). The number of amides is 1. The van der Waals surface area contributed by atoms with Gasteiger partial charge in [-0.05, 0) is 49.7 Å². The molecule has 0 bridgehead atoms. The maximum atomic E-state index is 15.6. The third-order valence-corrected chi connectivity index (χ3v) is 7.02. The maximum absolute atomic E-state index is 15.6. The van der Waals surface area contributed by atoms with E-state index in [1.54, 1.807) is 54.6 Å². The highest BCUT2D eigenvalue weighted by Gasteiger charge is 2.23. The van der Waals surface area contributed by atoms with Gasteiger partial charge in [-0.2, -0.15) is 0 Å². The van der Waals surface area contributed by atoms with Crippen molar-refractivity contribution in [3.05, 3.63) is 76.3 Å². The molecule has 3 aromatic carbocycles. The summed E-state index contributed by atoms with van der Waals surface area (Å²) in [6, 6.07) is 16.8. The summed E-state index contributed by atoms with van der Waals surface area (Å²) in [7, 11) is 1.77. The lowest BCUT2D eigenvalue weighted by molar-refractivity contribution is 0.0318. The molecule has 4 aromatic rings. The molecule has 0 aliphatic rings. The number of thioether (sulfide) groups is 1. The van der Waals surface area contributed by atoms with Crippen molar-refractivity contribution in [2.75, 3.05) is 23.4 Å². The number of carbonyl (C=O) groups is 1. The molecule has 0 saturated carbocycles. The van der Waals surface area contributed by atoms with Gasteiger partial charge in [-0.15, -0.1) is 11.8 Å². The zero-order chi connectivity index (χ0) is 24.9. The fourth-order valence-electron chi connectivity index (χ4n) is 3.49. The number of halogens is 2. The van der Waals surface area contributed by atoms with Crippen molar-refractivity contribution in [3.63, 3.8) is 0 Å². The number of hydrogen-bond acceptors (Lipinski definition) is 6. The van der Waals surface area contributed by atoms with Crippen LogP contribution in [0.25, 0.3) is 11.0 Å². The van der Waals surface area contributed by atoms with Crippen LogP contribution in [-0.2, 0) is 11.9 Å². The molecule has 10 heteroatoms. The van der Waals surface area contributed by atoms with Gasteiger partial charge in [0.1, 0.15) is 11.3 Å². The second kappa shape index (κ2) is 11.1. The summed E-state index contributed by atoms with van der Waals surface area (Å²) in [5, 5.41) is 2.98. The van der Waals surface area contributed by atoms with E-state index in [-0.39, 0.29) is 16.8 Å². The van der Waals surface area contributed by atoms with E-state index in [0.29, 0.717) is 29.3 Å². The van der Waals surface area contributed by atoms with E-state index in [0.717, 1.165) is 16.6 Å². The van der Waals surface area contributed by atoms with E-state index in [1.807, 2.05) is 30.3 Å². The van der Waals surface area contributed by atoms with Crippen LogP contribution in [0.15, 0.2) is 64.0 Å². The minimum atomic E-state index is -0.641. The van der Waals surface area contributed by atoms with Crippen LogP contribution in [0.4, 0.5) is 21.5 Å². The van der Waals surface area contributed by atoms with Gasteiger partial charge in [0.2, 0.25) is 0 Å². The molecular formula is C25H25BrFN5O2S. The molecule has 7 nitrogen and oxygen atoms in total. The maximum Gasteiger partial charge on any atom is 0.277 e. The molecule has 0 unspecified atom stereocenters. The van der Waals surface area contributed by atoms with Crippen LogP contribution < -0.4 is 16.5 Å². The van der Waals surface area contributed by atoms with E-state index in [9.17, 15) is 4.79 Å². The summed E-state index contributed by atoms with van der Waals surface area (Å²) in [5.41, 5.74) is 10.1. The van der Waals surface area contributed by atoms with E-state index >= 15 is 4.39 Å². The topological polar surface area (TPSA) is 94.2 Å². The molecule has 0 saturated heterocycles. The zero-order valence-electron chi connectivity index (χ0n) is 19.3. The predicted molar refractivity (Wildman–Crippen MR) is 142 cm³/mol. The summed E-state index contributed by atoms with van der Waals surface area (Å²) in [6.07, 6.45) is 0.731. The van der Waals surface area contributed by atoms with Gasteiger partial charge in [0.15, 0.2) is 5.82 Å². The molecule has 182 valence electrons. The van der Waals surface area contributed by atoms with E-state index in [1.165, 1.54) is 4.90 Å². The highest BCUT2D eigenvalue weighted by atomic mass is 79.9. The Balaban J connectivity index is 1.51. The molecule has 0 aliphatic carbocycles. The Hall–Kier alpha value is -3.08. The molecule has 1 heterocycles. The number of benzene rings is 3. The Kier molecular flexibility index (Phi) is 7.94. The van der Waals surface area contributed by atoms with Gasteiger partial charge < -0.3 is 15.6 Å². The number of nitrogens with two attached hydrogens (primary N) is 1. The molecule has 0 fully saturated rings. The monoisotopic (exact) mass is 557 g/mol. The van der Waals surface area contributed by atoms with Crippen LogP contribution in [0.5, 0.6) is 0 Å². The molecule has 0 aliphatic heterocycles.